The van der Waals surface area contributed by atoms with Gasteiger partial charge >= 0.3 is 0 Å². The van der Waals surface area contributed by atoms with E-state index < -0.39 is 10.0 Å². The van der Waals surface area contributed by atoms with Gasteiger partial charge in [-0.3, -0.25) is 10.1 Å². The van der Waals surface area contributed by atoms with Crippen LogP contribution in [0.15, 0.2) is 23.2 Å². The maximum Gasteiger partial charge on any atom is 0.244 e. The number of aromatic amines is 1. The molecule has 0 aromatic carbocycles. The lowest BCUT2D eigenvalue weighted by atomic mass is 10.1. The van der Waals surface area contributed by atoms with Crippen LogP contribution in [-0.2, 0) is 23.0 Å². The third-order valence-electron chi connectivity index (χ3n) is 3.12. The number of pyridine rings is 1. The van der Waals surface area contributed by atoms with E-state index >= 15 is 0 Å². The standard InChI is InChI=1S/C13H18N4O2S/c1-4-11-6-5-7-14-12(11)8-15-20(18,19)13-9(2)16-17-10(13)3/h5-7,15H,4,8H2,1-3H3,(H,16,17). The number of aryl methyl sites for hydroxylation is 3. The number of rotatable bonds is 5. The topological polar surface area (TPSA) is 87.7 Å². The fraction of sp³-hybridized carbons (Fsp3) is 0.385. The monoisotopic (exact) mass is 294 g/mol. The predicted molar refractivity (Wildman–Crippen MR) is 75.7 cm³/mol. The summed E-state index contributed by atoms with van der Waals surface area (Å²) in [7, 11) is -3.59. The SMILES string of the molecule is CCc1cccnc1CNS(=O)(=O)c1c(C)n[nH]c1C. The minimum absolute atomic E-state index is 0.177. The Kier molecular flexibility index (Phi) is 4.20. The van der Waals surface area contributed by atoms with Crippen LogP contribution in [0.3, 0.4) is 0 Å². The highest BCUT2D eigenvalue weighted by molar-refractivity contribution is 7.89. The average Bonchev–Trinajstić information content (AvgIpc) is 2.77. The number of H-pyrrole nitrogens is 1. The van der Waals surface area contributed by atoms with Gasteiger partial charge in [-0.2, -0.15) is 5.10 Å². The molecule has 0 spiro atoms. The highest BCUT2D eigenvalue weighted by atomic mass is 32.2. The van der Waals surface area contributed by atoms with Crippen molar-refractivity contribution >= 4 is 10.0 Å². The van der Waals surface area contributed by atoms with Gasteiger partial charge < -0.3 is 0 Å². The highest BCUT2D eigenvalue weighted by Gasteiger charge is 2.22. The minimum atomic E-state index is -3.59. The predicted octanol–water partition coefficient (Wildman–Crippen LogP) is 1.46. The first-order chi connectivity index (χ1) is 9.45. The molecule has 0 aliphatic rings. The van der Waals surface area contributed by atoms with Gasteiger partial charge in [0.15, 0.2) is 0 Å². The first kappa shape index (κ1) is 14.7. The maximum atomic E-state index is 12.3. The van der Waals surface area contributed by atoms with Crippen molar-refractivity contribution < 1.29 is 8.42 Å². The lowest BCUT2D eigenvalue weighted by molar-refractivity contribution is 0.579. The summed E-state index contributed by atoms with van der Waals surface area (Å²) in [6.45, 7) is 5.54. The highest BCUT2D eigenvalue weighted by Crippen LogP contribution is 2.17. The molecule has 0 aliphatic carbocycles. The van der Waals surface area contributed by atoms with Gasteiger partial charge in [-0.15, -0.1) is 0 Å². The van der Waals surface area contributed by atoms with Crippen molar-refractivity contribution in [1.82, 2.24) is 19.9 Å². The van der Waals surface area contributed by atoms with E-state index in [1.807, 2.05) is 19.1 Å². The largest absolute Gasteiger partial charge is 0.281 e. The van der Waals surface area contributed by atoms with Gasteiger partial charge in [0.25, 0.3) is 0 Å². The van der Waals surface area contributed by atoms with Crippen molar-refractivity contribution in [3.05, 3.63) is 41.0 Å². The number of hydrogen-bond acceptors (Lipinski definition) is 4. The van der Waals surface area contributed by atoms with Crippen LogP contribution in [0, 0.1) is 13.8 Å². The molecule has 0 aliphatic heterocycles. The normalized spacial score (nSPS) is 11.8. The zero-order valence-corrected chi connectivity index (χ0v) is 12.6. The molecular formula is C13H18N4O2S. The van der Waals surface area contributed by atoms with Crippen LogP contribution >= 0.6 is 0 Å². The smallest absolute Gasteiger partial charge is 0.244 e. The molecule has 0 radical (unpaired) electrons. The van der Waals surface area contributed by atoms with Crippen molar-refractivity contribution in [2.45, 2.75) is 38.6 Å². The summed E-state index contributed by atoms with van der Waals surface area (Å²) in [5, 5.41) is 6.59. The number of hydrogen-bond donors (Lipinski definition) is 2. The second kappa shape index (κ2) is 5.72. The van der Waals surface area contributed by atoms with Crippen molar-refractivity contribution in [2.75, 3.05) is 0 Å². The van der Waals surface area contributed by atoms with Gasteiger partial charge in [-0.05, 0) is 31.9 Å². The Morgan fingerprint density at radius 2 is 2.10 bits per heavy atom. The Morgan fingerprint density at radius 1 is 1.35 bits per heavy atom. The van der Waals surface area contributed by atoms with E-state index in [-0.39, 0.29) is 11.4 Å². The first-order valence-corrected chi connectivity index (χ1v) is 7.88. The molecule has 0 amide bonds. The van der Waals surface area contributed by atoms with Crippen LogP contribution in [0.5, 0.6) is 0 Å². The Bertz CT molecular complexity index is 687. The van der Waals surface area contributed by atoms with E-state index in [0.29, 0.717) is 11.4 Å². The van der Waals surface area contributed by atoms with Crippen molar-refractivity contribution in [3.8, 4) is 0 Å². The summed E-state index contributed by atoms with van der Waals surface area (Å²) < 4.78 is 27.2. The Balaban J connectivity index is 2.22. The van der Waals surface area contributed by atoms with E-state index in [2.05, 4.69) is 19.9 Å². The van der Waals surface area contributed by atoms with Gasteiger partial charge in [0, 0.05) is 6.20 Å². The summed E-state index contributed by atoms with van der Waals surface area (Å²) in [5.74, 6) is 0. The molecule has 2 aromatic rings. The Hall–Kier alpha value is -1.73. The first-order valence-electron chi connectivity index (χ1n) is 6.39. The van der Waals surface area contributed by atoms with Crippen LogP contribution in [0.2, 0.25) is 0 Å². The molecule has 0 bridgehead atoms. The fourth-order valence-corrected chi connectivity index (χ4v) is 3.48. The summed E-state index contributed by atoms with van der Waals surface area (Å²) >= 11 is 0. The van der Waals surface area contributed by atoms with Gasteiger partial charge in [0.2, 0.25) is 10.0 Å². The van der Waals surface area contributed by atoms with Crippen LogP contribution in [0.25, 0.3) is 0 Å². The van der Waals surface area contributed by atoms with Gasteiger partial charge in [0.1, 0.15) is 4.90 Å². The van der Waals surface area contributed by atoms with E-state index in [0.717, 1.165) is 17.7 Å². The molecule has 2 N–H and O–H groups in total. The quantitative estimate of drug-likeness (QED) is 0.874. The second-order valence-corrected chi connectivity index (χ2v) is 6.25. The minimum Gasteiger partial charge on any atom is -0.281 e. The van der Waals surface area contributed by atoms with Gasteiger partial charge in [-0.25, -0.2) is 13.1 Å². The third-order valence-corrected chi connectivity index (χ3v) is 4.79. The molecule has 2 heterocycles. The van der Waals surface area contributed by atoms with Gasteiger partial charge in [0.05, 0.1) is 23.6 Å². The van der Waals surface area contributed by atoms with Crippen molar-refractivity contribution in [3.63, 3.8) is 0 Å². The van der Waals surface area contributed by atoms with Crippen LogP contribution in [0.1, 0.15) is 29.6 Å². The molecule has 2 rings (SSSR count). The lowest BCUT2D eigenvalue weighted by Gasteiger charge is -2.09. The summed E-state index contributed by atoms with van der Waals surface area (Å²) in [6, 6.07) is 3.80. The average molecular weight is 294 g/mol. The molecule has 7 heteroatoms. The number of sulfonamides is 1. The van der Waals surface area contributed by atoms with Crippen LogP contribution < -0.4 is 4.72 Å². The molecule has 0 saturated carbocycles. The molecular weight excluding hydrogens is 276 g/mol. The van der Waals surface area contributed by atoms with Crippen LogP contribution in [0.4, 0.5) is 0 Å². The molecule has 20 heavy (non-hydrogen) atoms. The zero-order valence-electron chi connectivity index (χ0n) is 11.8. The summed E-state index contributed by atoms with van der Waals surface area (Å²) in [6.07, 6.45) is 2.48. The van der Waals surface area contributed by atoms with Crippen molar-refractivity contribution in [1.29, 1.82) is 0 Å². The Morgan fingerprint density at radius 3 is 2.70 bits per heavy atom. The van der Waals surface area contributed by atoms with E-state index in [1.165, 1.54) is 0 Å². The molecule has 108 valence electrons. The molecule has 0 atom stereocenters. The van der Waals surface area contributed by atoms with E-state index in [1.54, 1.807) is 20.0 Å². The number of nitrogens with one attached hydrogen (secondary N) is 2. The van der Waals surface area contributed by atoms with Gasteiger partial charge in [-0.1, -0.05) is 13.0 Å². The zero-order chi connectivity index (χ0) is 14.8. The molecule has 0 fully saturated rings. The lowest BCUT2D eigenvalue weighted by Crippen LogP contribution is -2.25. The molecule has 0 saturated heterocycles. The molecule has 6 nitrogen and oxygen atoms in total. The van der Waals surface area contributed by atoms with Crippen molar-refractivity contribution in [2.24, 2.45) is 0 Å². The fourth-order valence-electron chi connectivity index (χ4n) is 2.12. The summed E-state index contributed by atoms with van der Waals surface area (Å²) in [5.41, 5.74) is 2.78. The number of nitrogens with zero attached hydrogens (tertiary/aromatic N) is 2. The number of aromatic nitrogens is 3. The maximum absolute atomic E-state index is 12.3. The summed E-state index contributed by atoms with van der Waals surface area (Å²) in [4.78, 5) is 4.44. The molecule has 0 unspecified atom stereocenters. The van der Waals surface area contributed by atoms with Crippen LogP contribution in [-0.4, -0.2) is 23.6 Å². The Labute approximate surface area is 118 Å². The molecule has 2 aromatic heterocycles. The third kappa shape index (κ3) is 2.88. The second-order valence-electron chi connectivity index (χ2n) is 4.55. The van der Waals surface area contributed by atoms with E-state index in [9.17, 15) is 8.42 Å². The van der Waals surface area contributed by atoms with E-state index in [4.69, 9.17) is 0 Å².